The lowest BCUT2D eigenvalue weighted by atomic mass is 10.1. The number of hydrogen-bond acceptors (Lipinski definition) is 5. The van der Waals surface area contributed by atoms with Crippen LogP contribution in [-0.4, -0.2) is 21.6 Å². The Kier molecular flexibility index (Phi) is 5.38. The summed E-state index contributed by atoms with van der Waals surface area (Å²) in [6, 6.07) is 17.2. The predicted octanol–water partition coefficient (Wildman–Crippen LogP) is 5.74. The van der Waals surface area contributed by atoms with Gasteiger partial charge in [-0.05, 0) is 23.8 Å². The van der Waals surface area contributed by atoms with Gasteiger partial charge in [-0.15, -0.1) is 11.3 Å². The number of hydrogen-bond donors (Lipinski definition) is 1. The molecule has 1 N–H and O–H groups in total. The van der Waals surface area contributed by atoms with Gasteiger partial charge in [-0.25, -0.2) is 9.97 Å². The molecule has 0 fully saturated rings. The van der Waals surface area contributed by atoms with Crippen LogP contribution in [0, 0.1) is 0 Å². The number of thioether (sulfide) groups is 1. The van der Waals surface area contributed by atoms with Crippen molar-refractivity contribution in [3.8, 4) is 11.1 Å². The van der Waals surface area contributed by atoms with E-state index in [9.17, 15) is 4.79 Å². The molecule has 0 aliphatic heterocycles. The van der Waals surface area contributed by atoms with Gasteiger partial charge in [0, 0.05) is 21.7 Å². The zero-order chi connectivity index (χ0) is 18.6. The summed E-state index contributed by atoms with van der Waals surface area (Å²) in [7, 11) is 0. The molecule has 2 aromatic carbocycles. The summed E-state index contributed by atoms with van der Waals surface area (Å²) < 4.78 is 0. The lowest BCUT2D eigenvalue weighted by Crippen LogP contribution is -2.14. The van der Waals surface area contributed by atoms with Crippen molar-refractivity contribution in [2.24, 2.45) is 0 Å². The minimum Gasteiger partial charge on any atom is -0.325 e. The highest BCUT2D eigenvalue weighted by molar-refractivity contribution is 8.00. The van der Waals surface area contributed by atoms with Crippen LogP contribution in [0.15, 0.2) is 71.3 Å². The average Bonchev–Trinajstić information content (AvgIpc) is 3.12. The molecule has 0 radical (unpaired) electrons. The number of fused-ring (bicyclic) bond motifs is 1. The number of rotatable bonds is 5. The van der Waals surface area contributed by atoms with E-state index >= 15 is 0 Å². The molecule has 0 aliphatic carbocycles. The van der Waals surface area contributed by atoms with Crippen LogP contribution in [0.2, 0.25) is 5.02 Å². The minimum atomic E-state index is -0.106. The molecule has 0 bridgehead atoms. The first kappa shape index (κ1) is 18.0. The molecule has 0 saturated carbocycles. The van der Waals surface area contributed by atoms with Crippen molar-refractivity contribution in [2.45, 2.75) is 5.03 Å². The largest absolute Gasteiger partial charge is 0.325 e. The number of anilines is 1. The van der Waals surface area contributed by atoms with Crippen molar-refractivity contribution < 1.29 is 4.79 Å². The third-order valence-electron chi connectivity index (χ3n) is 3.87. The highest BCUT2D eigenvalue weighted by atomic mass is 35.5. The monoisotopic (exact) mass is 411 g/mol. The second-order valence-corrected chi connectivity index (χ2v) is 7.98. The molecular weight excluding hydrogens is 398 g/mol. The van der Waals surface area contributed by atoms with Crippen LogP contribution in [0.25, 0.3) is 21.3 Å². The first-order valence-corrected chi connectivity index (χ1v) is 10.4. The highest BCUT2D eigenvalue weighted by Gasteiger charge is 2.14. The highest BCUT2D eigenvalue weighted by Crippen LogP contribution is 2.37. The normalized spacial score (nSPS) is 10.9. The number of benzene rings is 2. The number of thiophene rings is 1. The summed E-state index contributed by atoms with van der Waals surface area (Å²) in [6.45, 7) is 0. The number of carbonyl (C=O) groups is 1. The van der Waals surface area contributed by atoms with Crippen LogP contribution in [-0.2, 0) is 4.79 Å². The Morgan fingerprint density at radius 1 is 1.11 bits per heavy atom. The summed E-state index contributed by atoms with van der Waals surface area (Å²) in [5, 5.41) is 7.33. The van der Waals surface area contributed by atoms with Gasteiger partial charge in [-0.2, -0.15) is 0 Å². The minimum absolute atomic E-state index is 0.106. The summed E-state index contributed by atoms with van der Waals surface area (Å²) in [5.41, 5.74) is 2.89. The maximum absolute atomic E-state index is 12.3. The standard InChI is InChI=1S/C20H14ClN3OS2/c21-14-7-4-8-15(9-14)24-17(25)11-27-20-18-16(13-5-2-1-3-6-13)10-26-19(18)22-12-23-20/h1-10,12H,11H2,(H,24,25). The molecule has 0 spiro atoms. The van der Waals surface area contributed by atoms with Gasteiger partial charge >= 0.3 is 0 Å². The Bertz CT molecular complexity index is 1100. The Labute approximate surface area is 169 Å². The van der Waals surface area contributed by atoms with Crippen molar-refractivity contribution in [1.82, 2.24) is 9.97 Å². The van der Waals surface area contributed by atoms with Gasteiger partial charge in [0.05, 0.1) is 11.1 Å². The Hall–Kier alpha value is -2.41. The van der Waals surface area contributed by atoms with Crippen LogP contribution in [0.3, 0.4) is 0 Å². The first-order valence-electron chi connectivity index (χ1n) is 8.16. The number of aromatic nitrogens is 2. The van der Waals surface area contributed by atoms with Gasteiger partial charge in [-0.1, -0.05) is 59.8 Å². The van der Waals surface area contributed by atoms with Crippen LogP contribution in [0.1, 0.15) is 0 Å². The third kappa shape index (κ3) is 4.13. The Balaban J connectivity index is 1.55. The summed E-state index contributed by atoms with van der Waals surface area (Å²) in [6.07, 6.45) is 1.55. The quantitative estimate of drug-likeness (QED) is 0.336. The van der Waals surface area contributed by atoms with Crippen molar-refractivity contribution in [1.29, 1.82) is 0 Å². The molecule has 27 heavy (non-hydrogen) atoms. The number of nitrogens with zero attached hydrogens (tertiary/aromatic N) is 2. The fraction of sp³-hybridized carbons (Fsp3) is 0.0500. The van der Waals surface area contributed by atoms with Crippen LogP contribution >= 0.6 is 34.7 Å². The molecule has 7 heteroatoms. The molecule has 4 nitrogen and oxygen atoms in total. The van der Waals surface area contributed by atoms with Gasteiger partial charge in [0.15, 0.2) is 0 Å². The predicted molar refractivity (Wildman–Crippen MR) is 114 cm³/mol. The number of nitrogens with one attached hydrogen (secondary N) is 1. The molecule has 4 rings (SSSR count). The van der Waals surface area contributed by atoms with Gasteiger partial charge in [0.25, 0.3) is 0 Å². The fourth-order valence-corrected chi connectivity index (χ4v) is 4.67. The van der Waals surface area contributed by atoms with E-state index in [0.717, 1.165) is 26.4 Å². The summed E-state index contributed by atoms with van der Waals surface area (Å²) in [5.74, 6) is 0.147. The maximum Gasteiger partial charge on any atom is 0.234 e. The van der Waals surface area contributed by atoms with Crippen molar-refractivity contribution in [3.05, 3.63) is 71.3 Å². The molecule has 134 valence electrons. The van der Waals surface area contributed by atoms with E-state index in [2.05, 4.69) is 32.8 Å². The number of halogens is 1. The first-order chi connectivity index (χ1) is 13.2. The lowest BCUT2D eigenvalue weighted by molar-refractivity contribution is -0.113. The van der Waals surface area contributed by atoms with Gasteiger partial charge < -0.3 is 5.32 Å². The van der Waals surface area contributed by atoms with Gasteiger partial charge in [-0.3, -0.25) is 4.79 Å². The Morgan fingerprint density at radius 3 is 2.78 bits per heavy atom. The second kappa shape index (κ2) is 8.08. The smallest absolute Gasteiger partial charge is 0.234 e. The molecular formula is C20H14ClN3OS2. The number of carbonyl (C=O) groups excluding carboxylic acids is 1. The third-order valence-corrected chi connectivity index (χ3v) is 5.98. The summed E-state index contributed by atoms with van der Waals surface area (Å²) in [4.78, 5) is 22.0. The van der Waals surface area contributed by atoms with E-state index in [1.165, 1.54) is 11.8 Å². The molecule has 0 aliphatic rings. The lowest BCUT2D eigenvalue weighted by Gasteiger charge is -2.07. The van der Waals surface area contributed by atoms with Crippen molar-refractivity contribution in [2.75, 3.05) is 11.1 Å². The number of amides is 1. The topological polar surface area (TPSA) is 54.9 Å². The van der Waals surface area contributed by atoms with Gasteiger partial charge in [0.1, 0.15) is 16.2 Å². The maximum atomic E-state index is 12.3. The van der Waals surface area contributed by atoms with E-state index < -0.39 is 0 Å². The van der Waals surface area contributed by atoms with E-state index in [1.54, 1.807) is 35.9 Å². The van der Waals surface area contributed by atoms with Crippen molar-refractivity contribution in [3.63, 3.8) is 0 Å². The van der Waals surface area contributed by atoms with E-state index in [1.807, 2.05) is 24.3 Å². The molecule has 4 aromatic rings. The molecule has 2 heterocycles. The van der Waals surface area contributed by atoms with Crippen molar-refractivity contribution >= 4 is 56.5 Å². The Morgan fingerprint density at radius 2 is 1.96 bits per heavy atom. The SMILES string of the molecule is O=C(CSc1ncnc2scc(-c3ccccc3)c12)Nc1cccc(Cl)c1. The van der Waals surface area contributed by atoms with E-state index in [4.69, 9.17) is 11.6 Å². The van der Waals surface area contributed by atoms with Crippen LogP contribution in [0.4, 0.5) is 5.69 Å². The molecule has 0 unspecified atom stereocenters. The molecule has 2 aromatic heterocycles. The molecule has 0 saturated heterocycles. The molecule has 1 amide bonds. The summed E-state index contributed by atoms with van der Waals surface area (Å²) >= 11 is 8.94. The van der Waals surface area contributed by atoms with E-state index in [0.29, 0.717) is 10.7 Å². The van der Waals surface area contributed by atoms with Gasteiger partial charge in [0.2, 0.25) is 5.91 Å². The zero-order valence-corrected chi connectivity index (χ0v) is 16.4. The van der Waals surface area contributed by atoms with Crippen LogP contribution < -0.4 is 5.32 Å². The zero-order valence-electron chi connectivity index (χ0n) is 14.1. The molecule has 0 atom stereocenters. The van der Waals surface area contributed by atoms with E-state index in [-0.39, 0.29) is 11.7 Å². The second-order valence-electron chi connectivity index (χ2n) is 5.72. The average molecular weight is 412 g/mol. The fourth-order valence-electron chi connectivity index (χ4n) is 2.68. The van der Waals surface area contributed by atoms with Crippen LogP contribution in [0.5, 0.6) is 0 Å².